The van der Waals surface area contributed by atoms with Gasteiger partial charge in [0, 0.05) is 12.2 Å². The molecular weight excluding hydrogens is 352 g/mol. The number of rotatable bonds is 5. The molecule has 0 radical (unpaired) electrons. The number of benzene rings is 2. The van der Waals surface area contributed by atoms with E-state index in [1.54, 1.807) is 12.3 Å². The molecule has 0 saturated heterocycles. The molecule has 1 aliphatic heterocycles. The lowest BCUT2D eigenvalue weighted by molar-refractivity contribution is 0.102. The van der Waals surface area contributed by atoms with Crippen molar-refractivity contribution in [3.8, 4) is 5.75 Å². The molecule has 2 aromatic carbocycles. The van der Waals surface area contributed by atoms with Crippen LogP contribution in [0.1, 0.15) is 29.9 Å². The van der Waals surface area contributed by atoms with Crippen LogP contribution in [0.4, 0.5) is 17.2 Å². The summed E-state index contributed by atoms with van der Waals surface area (Å²) in [6, 6.07) is 15.6. The van der Waals surface area contributed by atoms with Crippen molar-refractivity contribution in [1.82, 2.24) is 9.97 Å². The van der Waals surface area contributed by atoms with Crippen LogP contribution < -0.4 is 15.0 Å². The average molecular weight is 374 g/mol. The van der Waals surface area contributed by atoms with Crippen molar-refractivity contribution in [2.75, 3.05) is 16.8 Å². The Labute approximate surface area is 164 Å². The zero-order valence-electron chi connectivity index (χ0n) is 15.9. The Hall–Kier alpha value is -3.41. The number of hydrogen-bond donors (Lipinski definition) is 1. The van der Waals surface area contributed by atoms with Gasteiger partial charge >= 0.3 is 0 Å². The number of aromatic nitrogens is 2. The summed E-state index contributed by atoms with van der Waals surface area (Å²) in [7, 11) is 0. The van der Waals surface area contributed by atoms with Gasteiger partial charge in [-0.3, -0.25) is 4.79 Å². The fraction of sp³-hybridized carbons (Fsp3) is 0.227. The maximum atomic E-state index is 12.6. The Bertz CT molecular complexity index is 986. The summed E-state index contributed by atoms with van der Waals surface area (Å²) in [5, 5.41) is 2.86. The lowest BCUT2D eigenvalue weighted by Gasteiger charge is -2.18. The Morgan fingerprint density at radius 1 is 1.07 bits per heavy atom. The Balaban J connectivity index is 1.50. The molecule has 1 aromatic heterocycles. The highest BCUT2D eigenvalue weighted by Crippen LogP contribution is 2.32. The van der Waals surface area contributed by atoms with Crippen LogP contribution in [0.25, 0.3) is 0 Å². The molecule has 28 heavy (non-hydrogen) atoms. The van der Waals surface area contributed by atoms with Gasteiger partial charge in [-0.1, -0.05) is 30.3 Å². The number of ether oxygens (including phenoxy) is 1. The van der Waals surface area contributed by atoms with Crippen LogP contribution in [0, 0.1) is 0 Å². The summed E-state index contributed by atoms with van der Waals surface area (Å²) in [6.07, 6.45) is 4.15. The summed E-state index contributed by atoms with van der Waals surface area (Å²) in [5.74, 6) is 1.05. The summed E-state index contributed by atoms with van der Waals surface area (Å²) >= 11 is 0. The molecule has 1 N–H and O–H groups in total. The summed E-state index contributed by atoms with van der Waals surface area (Å²) < 4.78 is 5.74. The van der Waals surface area contributed by atoms with Crippen LogP contribution in [0.3, 0.4) is 0 Å². The number of carbonyl (C=O) groups excluding carboxylic acids is 1. The third kappa shape index (κ3) is 3.67. The SMILES string of the molecule is CC(C)Oc1ccccc1NC(=O)c1cnc(N2CCc3ccccc32)cn1. The van der Waals surface area contributed by atoms with Crippen molar-refractivity contribution >= 4 is 23.1 Å². The van der Waals surface area contributed by atoms with Gasteiger partial charge in [-0.2, -0.15) is 0 Å². The van der Waals surface area contributed by atoms with Crippen molar-refractivity contribution in [3.63, 3.8) is 0 Å². The highest BCUT2D eigenvalue weighted by molar-refractivity contribution is 6.03. The fourth-order valence-corrected chi connectivity index (χ4v) is 3.27. The predicted molar refractivity (Wildman–Crippen MR) is 109 cm³/mol. The minimum atomic E-state index is -0.319. The average Bonchev–Trinajstić information content (AvgIpc) is 3.13. The van der Waals surface area contributed by atoms with Gasteiger partial charge in [0.05, 0.1) is 24.2 Å². The number of amides is 1. The van der Waals surface area contributed by atoms with Crippen LogP contribution in [0.2, 0.25) is 0 Å². The van der Waals surface area contributed by atoms with Crippen molar-refractivity contribution < 1.29 is 9.53 Å². The van der Waals surface area contributed by atoms with Crippen LogP contribution in [0.5, 0.6) is 5.75 Å². The third-order valence-electron chi connectivity index (χ3n) is 4.53. The first kappa shape index (κ1) is 18.0. The number of nitrogens with zero attached hydrogens (tertiary/aromatic N) is 3. The van der Waals surface area contributed by atoms with Crippen molar-refractivity contribution in [2.45, 2.75) is 26.4 Å². The van der Waals surface area contributed by atoms with E-state index in [1.165, 1.54) is 11.8 Å². The quantitative estimate of drug-likeness (QED) is 0.725. The van der Waals surface area contributed by atoms with Gasteiger partial charge in [-0.25, -0.2) is 9.97 Å². The number of fused-ring (bicyclic) bond motifs is 1. The highest BCUT2D eigenvalue weighted by Gasteiger charge is 2.21. The minimum Gasteiger partial charge on any atom is -0.489 e. The molecule has 0 unspecified atom stereocenters. The zero-order valence-corrected chi connectivity index (χ0v) is 15.9. The van der Waals surface area contributed by atoms with E-state index < -0.39 is 0 Å². The number of para-hydroxylation sites is 3. The summed E-state index contributed by atoms with van der Waals surface area (Å²) in [6.45, 7) is 4.75. The topological polar surface area (TPSA) is 67.3 Å². The second kappa shape index (κ2) is 7.68. The van der Waals surface area contributed by atoms with E-state index in [0.29, 0.717) is 11.4 Å². The highest BCUT2D eigenvalue weighted by atomic mass is 16.5. The van der Waals surface area contributed by atoms with E-state index in [1.807, 2.05) is 44.2 Å². The van der Waals surface area contributed by atoms with Crippen molar-refractivity contribution in [2.24, 2.45) is 0 Å². The van der Waals surface area contributed by atoms with Crippen molar-refractivity contribution in [3.05, 3.63) is 72.2 Å². The molecule has 6 nitrogen and oxygen atoms in total. The Kier molecular flexibility index (Phi) is 4.93. The molecule has 6 heteroatoms. The van der Waals surface area contributed by atoms with E-state index in [0.717, 1.165) is 24.5 Å². The van der Waals surface area contributed by atoms with Crippen LogP contribution in [-0.4, -0.2) is 28.5 Å². The lowest BCUT2D eigenvalue weighted by Crippen LogP contribution is -2.18. The van der Waals surface area contributed by atoms with Gasteiger partial charge in [-0.05, 0) is 44.0 Å². The maximum Gasteiger partial charge on any atom is 0.275 e. The number of nitrogens with one attached hydrogen (secondary N) is 1. The molecule has 0 fully saturated rings. The van der Waals surface area contributed by atoms with Gasteiger partial charge < -0.3 is 15.0 Å². The first-order chi connectivity index (χ1) is 13.6. The first-order valence-corrected chi connectivity index (χ1v) is 9.36. The normalized spacial score (nSPS) is 12.8. The van der Waals surface area contributed by atoms with E-state index in [2.05, 4.69) is 32.3 Å². The van der Waals surface area contributed by atoms with Crippen LogP contribution in [0.15, 0.2) is 60.9 Å². The number of carbonyl (C=O) groups is 1. The third-order valence-corrected chi connectivity index (χ3v) is 4.53. The maximum absolute atomic E-state index is 12.6. The zero-order chi connectivity index (χ0) is 19.5. The molecular formula is C22H22N4O2. The van der Waals surface area contributed by atoms with Crippen LogP contribution >= 0.6 is 0 Å². The fourth-order valence-electron chi connectivity index (χ4n) is 3.27. The number of anilines is 3. The largest absolute Gasteiger partial charge is 0.489 e. The molecule has 142 valence electrons. The summed E-state index contributed by atoms with van der Waals surface area (Å²) in [4.78, 5) is 23.5. The van der Waals surface area contributed by atoms with Gasteiger partial charge in [0.15, 0.2) is 5.82 Å². The Morgan fingerprint density at radius 3 is 2.64 bits per heavy atom. The second-order valence-electron chi connectivity index (χ2n) is 6.91. The van der Waals surface area contributed by atoms with E-state index in [-0.39, 0.29) is 17.7 Å². The molecule has 1 aliphatic rings. The molecule has 0 atom stereocenters. The minimum absolute atomic E-state index is 0.0143. The van der Waals surface area contributed by atoms with Gasteiger partial charge in [0.2, 0.25) is 0 Å². The van der Waals surface area contributed by atoms with Gasteiger partial charge in [0.25, 0.3) is 5.91 Å². The lowest BCUT2D eigenvalue weighted by atomic mass is 10.2. The number of hydrogen-bond acceptors (Lipinski definition) is 5. The van der Waals surface area contributed by atoms with Crippen molar-refractivity contribution in [1.29, 1.82) is 0 Å². The smallest absolute Gasteiger partial charge is 0.275 e. The second-order valence-corrected chi connectivity index (χ2v) is 6.91. The first-order valence-electron chi connectivity index (χ1n) is 9.36. The molecule has 3 aromatic rings. The molecule has 0 aliphatic carbocycles. The van der Waals surface area contributed by atoms with E-state index in [4.69, 9.17) is 4.74 Å². The monoisotopic (exact) mass is 374 g/mol. The molecule has 4 rings (SSSR count). The van der Waals surface area contributed by atoms with Gasteiger partial charge in [0.1, 0.15) is 11.4 Å². The summed E-state index contributed by atoms with van der Waals surface area (Å²) in [5.41, 5.74) is 3.32. The molecule has 2 heterocycles. The van der Waals surface area contributed by atoms with Gasteiger partial charge in [-0.15, -0.1) is 0 Å². The predicted octanol–water partition coefficient (Wildman–Crippen LogP) is 4.21. The Morgan fingerprint density at radius 2 is 1.86 bits per heavy atom. The molecule has 0 saturated carbocycles. The van der Waals surface area contributed by atoms with Crippen LogP contribution in [-0.2, 0) is 6.42 Å². The molecule has 1 amide bonds. The molecule has 0 bridgehead atoms. The van der Waals surface area contributed by atoms with E-state index in [9.17, 15) is 4.79 Å². The van der Waals surface area contributed by atoms with E-state index >= 15 is 0 Å². The standard InChI is InChI=1S/C22H22N4O2/c1-15(2)28-20-10-6-4-8-17(20)25-22(27)18-13-24-21(14-23-18)26-12-11-16-7-3-5-9-19(16)26/h3-10,13-15H,11-12H2,1-2H3,(H,25,27). The molecule has 0 spiro atoms.